The highest BCUT2D eigenvalue weighted by Gasteiger charge is 2.21. The highest BCUT2D eigenvalue weighted by atomic mass is 19.1. The molecule has 2 rings (SSSR count). The van der Waals surface area contributed by atoms with Crippen molar-refractivity contribution in [3.63, 3.8) is 0 Å². The quantitative estimate of drug-likeness (QED) is 0.897. The molecule has 1 aromatic rings. The number of rotatable bonds is 4. The van der Waals surface area contributed by atoms with E-state index in [-0.39, 0.29) is 24.3 Å². The first-order chi connectivity index (χ1) is 8.66. The van der Waals surface area contributed by atoms with Crippen LogP contribution in [0.2, 0.25) is 0 Å². The maximum Gasteiger partial charge on any atom is 0.151 e. The molecular weight excluding hydrogens is 236 g/mol. The fourth-order valence-electron chi connectivity index (χ4n) is 2.29. The molecule has 2 N–H and O–H groups in total. The molecule has 0 unspecified atom stereocenters. The van der Waals surface area contributed by atoms with E-state index in [0.717, 1.165) is 25.7 Å². The summed E-state index contributed by atoms with van der Waals surface area (Å²) in [6.45, 7) is -0.0825. The average molecular weight is 255 g/mol. The van der Waals surface area contributed by atoms with Gasteiger partial charge in [-0.25, -0.2) is 8.78 Å². The first-order valence-electron chi connectivity index (χ1n) is 6.42. The van der Waals surface area contributed by atoms with Crippen LogP contribution in [0.15, 0.2) is 24.3 Å². The summed E-state index contributed by atoms with van der Waals surface area (Å²) in [6.07, 6.45) is 2.23. The van der Waals surface area contributed by atoms with Crippen LogP contribution in [0.1, 0.15) is 37.4 Å². The summed E-state index contributed by atoms with van der Waals surface area (Å²) in [4.78, 5) is 0. The molecule has 0 aromatic heterocycles. The first-order valence-corrected chi connectivity index (χ1v) is 6.42. The number of hydrogen-bond acceptors (Lipinski definition) is 2. The van der Waals surface area contributed by atoms with Crippen molar-refractivity contribution in [2.45, 2.75) is 44.0 Å². The number of alkyl halides is 1. The van der Waals surface area contributed by atoms with Crippen molar-refractivity contribution in [1.29, 1.82) is 0 Å². The van der Waals surface area contributed by atoms with Crippen molar-refractivity contribution in [2.75, 3.05) is 6.61 Å². The van der Waals surface area contributed by atoms with Gasteiger partial charge in [0.1, 0.15) is 5.82 Å². The van der Waals surface area contributed by atoms with Gasteiger partial charge in [0, 0.05) is 11.6 Å². The minimum Gasteiger partial charge on any atom is -0.375 e. The third-order valence-corrected chi connectivity index (χ3v) is 3.44. The molecular formula is C14H19F2NO. The SMILES string of the molecule is NC1CCC(OC[C@H](F)c2ccccc2F)CC1. The van der Waals surface area contributed by atoms with Gasteiger partial charge in [0.15, 0.2) is 6.17 Å². The fourth-order valence-corrected chi connectivity index (χ4v) is 2.29. The van der Waals surface area contributed by atoms with E-state index in [9.17, 15) is 8.78 Å². The molecule has 0 saturated heterocycles. The molecule has 1 aliphatic rings. The van der Waals surface area contributed by atoms with Crippen LogP contribution in [0.3, 0.4) is 0 Å². The van der Waals surface area contributed by atoms with Gasteiger partial charge >= 0.3 is 0 Å². The summed E-state index contributed by atoms with van der Waals surface area (Å²) in [5, 5.41) is 0. The third-order valence-electron chi connectivity index (χ3n) is 3.44. The number of hydrogen-bond donors (Lipinski definition) is 1. The van der Waals surface area contributed by atoms with Crippen molar-refractivity contribution >= 4 is 0 Å². The number of halogens is 2. The molecule has 0 amide bonds. The zero-order valence-corrected chi connectivity index (χ0v) is 10.3. The fraction of sp³-hybridized carbons (Fsp3) is 0.571. The lowest BCUT2D eigenvalue weighted by Crippen LogP contribution is -2.30. The summed E-state index contributed by atoms with van der Waals surface area (Å²) in [5.74, 6) is -0.515. The van der Waals surface area contributed by atoms with Gasteiger partial charge in [0.2, 0.25) is 0 Å². The van der Waals surface area contributed by atoms with E-state index in [1.807, 2.05) is 0 Å². The Kier molecular flexibility index (Phi) is 4.66. The molecule has 1 aromatic carbocycles. The Bertz CT molecular complexity index is 378. The summed E-state index contributed by atoms with van der Waals surface area (Å²) >= 11 is 0. The molecule has 4 heteroatoms. The number of benzene rings is 1. The van der Waals surface area contributed by atoms with E-state index < -0.39 is 12.0 Å². The van der Waals surface area contributed by atoms with E-state index in [1.165, 1.54) is 12.1 Å². The minimum atomic E-state index is -1.40. The summed E-state index contributed by atoms with van der Waals surface area (Å²) in [5.41, 5.74) is 5.86. The Morgan fingerprint density at radius 3 is 2.56 bits per heavy atom. The summed E-state index contributed by atoms with van der Waals surface area (Å²) < 4.78 is 32.7. The van der Waals surface area contributed by atoms with Crippen molar-refractivity contribution in [2.24, 2.45) is 5.73 Å². The molecule has 0 radical (unpaired) electrons. The van der Waals surface area contributed by atoms with Crippen LogP contribution in [0.5, 0.6) is 0 Å². The van der Waals surface area contributed by atoms with Gasteiger partial charge in [-0.1, -0.05) is 18.2 Å². The zero-order chi connectivity index (χ0) is 13.0. The maximum absolute atomic E-state index is 13.8. The first kappa shape index (κ1) is 13.4. The predicted molar refractivity (Wildman–Crippen MR) is 66.4 cm³/mol. The summed E-state index contributed by atoms with van der Waals surface area (Å²) in [7, 11) is 0. The second-order valence-corrected chi connectivity index (χ2v) is 4.86. The van der Waals surface area contributed by atoms with Gasteiger partial charge in [0.25, 0.3) is 0 Å². The van der Waals surface area contributed by atoms with E-state index in [2.05, 4.69) is 0 Å². The molecule has 0 bridgehead atoms. The Hall–Kier alpha value is -1.00. The summed E-state index contributed by atoms with van der Waals surface area (Å²) in [6, 6.07) is 6.15. The second-order valence-electron chi connectivity index (χ2n) is 4.86. The maximum atomic E-state index is 13.8. The van der Waals surface area contributed by atoms with Crippen molar-refractivity contribution in [3.05, 3.63) is 35.6 Å². The van der Waals surface area contributed by atoms with Crippen LogP contribution < -0.4 is 5.73 Å². The van der Waals surface area contributed by atoms with E-state index in [1.54, 1.807) is 12.1 Å². The molecule has 18 heavy (non-hydrogen) atoms. The minimum absolute atomic E-state index is 0.0647. The monoisotopic (exact) mass is 255 g/mol. The van der Waals surface area contributed by atoms with Crippen molar-refractivity contribution in [3.8, 4) is 0 Å². The van der Waals surface area contributed by atoms with Crippen LogP contribution >= 0.6 is 0 Å². The van der Waals surface area contributed by atoms with Gasteiger partial charge in [-0.2, -0.15) is 0 Å². The smallest absolute Gasteiger partial charge is 0.151 e. The van der Waals surface area contributed by atoms with Gasteiger partial charge < -0.3 is 10.5 Å². The van der Waals surface area contributed by atoms with Gasteiger partial charge in [-0.15, -0.1) is 0 Å². The van der Waals surface area contributed by atoms with Gasteiger partial charge in [0.05, 0.1) is 12.7 Å². The van der Waals surface area contributed by atoms with Crippen LogP contribution in [-0.4, -0.2) is 18.8 Å². The van der Waals surface area contributed by atoms with Crippen molar-refractivity contribution < 1.29 is 13.5 Å². The molecule has 0 spiro atoms. The lowest BCUT2D eigenvalue weighted by Gasteiger charge is -2.26. The molecule has 0 aliphatic heterocycles. The topological polar surface area (TPSA) is 35.2 Å². The molecule has 1 aliphatic carbocycles. The van der Waals surface area contributed by atoms with Crippen LogP contribution in [0.4, 0.5) is 8.78 Å². The average Bonchev–Trinajstić information content (AvgIpc) is 2.38. The lowest BCUT2D eigenvalue weighted by atomic mass is 9.94. The highest BCUT2D eigenvalue weighted by molar-refractivity contribution is 5.19. The molecule has 2 nitrogen and oxygen atoms in total. The second kappa shape index (κ2) is 6.25. The van der Waals surface area contributed by atoms with Gasteiger partial charge in [-0.05, 0) is 31.7 Å². The molecule has 1 atom stereocenters. The van der Waals surface area contributed by atoms with Crippen LogP contribution in [-0.2, 0) is 4.74 Å². The van der Waals surface area contributed by atoms with E-state index in [4.69, 9.17) is 10.5 Å². The molecule has 1 saturated carbocycles. The predicted octanol–water partition coefficient (Wildman–Crippen LogP) is 3.12. The Morgan fingerprint density at radius 1 is 1.22 bits per heavy atom. The molecule has 1 fully saturated rings. The van der Waals surface area contributed by atoms with E-state index >= 15 is 0 Å². The van der Waals surface area contributed by atoms with Crippen LogP contribution in [0, 0.1) is 5.82 Å². The Morgan fingerprint density at radius 2 is 1.89 bits per heavy atom. The van der Waals surface area contributed by atoms with Crippen LogP contribution in [0.25, 0.3) is 0 Å². The standard InChI is InChI=1S/C14H19F2NO/c15-13-4-2-1-3-12(13)14(16)9-18-11-7-5-10(17)6-8-11/h1-4,10-11,14H,5-9,17H2/t10?,11?,14-/m0/s1. The zero-order valence-electron chi connectivity index (χ0n) is 10.3. The number of ether oxygens (including phenoxy) is 1. The normalized spacial score (nSPS) is 25.9. The lowest BCUT2D eigenvalue weighted by molar-refractivity contribution is -0.00404. The number of nitrogens with two attached hydrogens (primary N) is 1. The Labute approximate surface area is 106 Å². The third kappa shape index (κ3) is 3.50. The highest BCUT2D eigenvalue weighted by Crippen LogP contribution is 2.24. The largest absolute Gasteiger partial charge is 0.375 e. The van der Waals surface area contributed by atoms with E-state index in [0.29, 0.717) is 0 Å². The van der Waals surface area contributed by atoms with Gasteiger partial charge in [-0.3, -0.25) is 0 Å². The Balaban J connectivity index is 1.81. The molecule has 0 heterocycles. The molecule has 100 valence electrons. The van der Waals surface area contributed by atoms with Crippen molar-refractivity contribution in [1.82, 2.24) is 0 Å².